The second-order valence-corrected chi connectivity index (χ2v) is 6.61. The van der Waals surface area contributed by atoms with Crippen molar-refractivity contribution < 1.29 is 4.74 Å². The van der Waals surface area contributed by atoms with Gasteiger partial charge in [0.05, 0.1) is 16.1 Å². The van der Waals surface area contributed by atoms with Crippen LogP contribution in [0.1, 0.15) is 38.7 Å². The fourth-order valence-corrected chi connectivity index (χ4v) is 3.54. The van der Waals surface area contributed by atoms with Crippen LogP contribution in [0.2, 0.25) is 10.0 Å². The number of hydrogen-bond acceptors (Lipinski definition) is 2. The Morgan fingerprint density at radius 3 is 2.71 bits per heavy atom. The molecule has 0 aliphatic heterocycles. The van der Waals surface area contributed by atoms with E-state index < -0.39 is 0 Å². The summed E-state index contributed by atoms with van der Waals surface area (Å²) in [6, 6.07) is 6.34. The summed E-state index contributed by atoms with van der Waals surface area (Å²) in [7, 11) is 0. The van der Waals surface area contributed by atoms with Gasteiger partial charge >= 0.3 is 0 Å². The Hall–Kier alpha value is -0.280. The maximum absolute atomic E-state index is 6.31. The summed E-state index contributed by atoms with van der Waals surface area (Å²) in [5, 5.41) is 4.92. The van der Waals surface area contributed by atoms with Gasteiger partial charge in [-0.1, -0.05) is 42.3 Å². The molecule has 1 aromatic rings. The van der Waals surface area contributed by atoms with Gasteiger partial charge in [0.1, 0.15) is 0 Å². The summed E-state index contributed by atoms with van der Waals surface area (Å²) >= 11 is 12.4. The molecule has 1 fully saturated rings. The maximum atomic E-state index is 6.31. The Labute approximate surface area is 138 Å². The lowest BCUT2D eigenvalue weighted by Crippen LogP contribution is -2.39. The molecule has 0 spiro atoms. The average molecular weight is 330 g/mol. The van der Waals surface area contributed by atoms with Crippen molar-refractivity contribution in [1.29, 1.82) is 0 Å². The van der Waals surface area contributed by atoms with Gasteiger partial charge in [0.2, 0.25) is 0 Å². The van der Waals surface area contributed by atoms with E-state index in [1.54, 1.807) is 0 Å². The molecule has 1 aliphatic rings. The van der Waals surface area contributed by atoms with Crippen LogP contribution < -0.4 is 5.32 Å². The third-order valence-corrected chi connectivity index (χ3v) is 5.06. The van der Waals surface area contributed by atoms with Crippen molar-refractivity contribution in [2.24, 2.45) is 5.92 Å². The van der Waals surface area contributed by atoms with Gasteiger partial charge < -0.3 is 10.1 Å². The number of benzene rings is 1. The van der Waals surface area contributed by atoms with Crippen LogP contribution in [0.15, 0.2) is 18.2 Å². The number of rotatable bonds is 8. The fraction of sp³-hybridized carbons (Fsp3) is 0.647. The quantitative estimate of drug-likeness (QED) is 0.745. The number of nitrogens with one attached hydrogen (secondary N) is 1. The first kappa shape index (κ1) is 17.1. The Balaban J connectivity index is 1.89. The topological polar surface area (TPSA) is 21.3 Å². The van der Waals surface area contributed by atoms with Crippen molar-refractivity contribution in [1.82, 2.24) is 5.32 Å². The van der Waals surface area contributed by atoms with Gasteiger partial charge in [-0.2, -0.15) is 0 Å². The molecule has 1 atom stereocenters. The fourth-order valence-electron chi connectivity index (χ4n) is 3.14. The first-order chi connectivity index (χ1) is 10.1. The van der Waals surface area contributed by atoms with Gasteiger partial charge in [-0.05, 0) is 56.7 Å². The molecule has 1 saturated carbocycles. The molecule has 118 valence electrons. The second kappa shape index (κ2) is 8.38. The van der Waals surface area contributed by atoms with E-state index in [4.69, 9.17) is 27.9 Å². The lowest BCUT2D eigenvalue weighted by atomic mass is 9.77. The van der Waals surface area contributed by atoms with E-state index in [-0.39, 0.29) is 0 Å². The standard InChI is InChI=1S/C17H25Cl2NO/c1-3-20-14(8-12-9-15(10-12)21-4-2)11-13-6-5-7-16(18)17(13)19/h5-7,12,14-15,20H,3-4,8-11H2,1-2H3. The highest BCUT2D eigenvalue weighted by Gasteiger charge is 2.31. The lowest BCUT2D eigenvalue weighted by molar-refractivity contribution is -0.0289. The number of ether oxygens (including phenoxy) is 1. The minimum Gasteiger partial charge on any atom is -0.378 e. The monoisotopic (exact) mass is 329 g/mol. The summed E-state index contributed by atoms with van der Waals surface area (Å²) in [4.78, 5) is 0. The molecule has 0 amide bonds. The molecule has 0 bridgehead atoms. The van der Waals surface area contributed by atoms with E-state index in [2.05, 4.69) is 25.2 Å². The van der Waals surface area contributed by atoms with Crippen LogP contribution in [0.3, 0.4) is 0 Å². The predicted octanol–water partition coefficient (Wildman–Crippen LogP) is 4.72. The van der Waals surface area contributed by atoms with E-state index in [9.17, 15) is 0 Å². The van der Waals surface area contributed by atoms with Crippen molar-refractivity contribution >= 4 is 23.2 Å². The largest absolute Gasteiger partial charge is 0.378 e. The van der Waals surface area contributed by atoms with Crippen LogP contribution in [0, 0.1) is 5.92 Å². The highest BCUT2D eigenvalue weighted by Crippen LogP contribution is 2.35. The smallest absolute Gasteiger partial charge is 0.0624 e. The summed E-state index contributed by atoms with van der Waals surface area (Å²) in [6.07, 6.45) is 4.98. The third kappa shape index (κ3) is 4.85. The van der Waals surface area contributed by atoms with E-state index in [0.717, 1.165) is 31.1 Å². The maximum Gasteiger partial charge on any atom is 0.0624 e. The van der Waals surface area contributed by atoms with Gasteiger partial charge in [0, 0.05) is 12.6 Å². The highest BCUT2D eigenvalue weighted by molar-refractivity contribution is 6.42. The molecule has 4 heteroatoms. The zero-order valence-electron chi connectivity index (χ0n) is 12.9. The van der Waals surface area contributed by atoms with Crippen molar-refractivity contribution in [3.63, 3.8) is 0 Å². The number of hydrogen-bond donors (Lipinski definition) is 1. The molecular formula is C17H25Cl2NO. The minimum atomic E-state index is 0.457. The van der Waals surface area contributed by atoms with Crippen LogP contribution in [-0.4, -0.2) is 25.3 Å². The molecule has 1 aliphatic carbocycles. The summed E-state index contributed by atoms with van der Waals surface area (Å²) in [5.41, 5.74) is 1.13. The Morgan fingerprint density at radius 2 is 2.05 bits per heavy atom. The highest BCUT2D eigenvalue weighted by atomic mass is 35.5. The molecule has 0 saturated heterocycles. The van der Waals surface area contributed by atoms with Crippen LogP contribution in [0.5, 0.6) is 0 Å². The third-order valence-electron chi connectivity index (χ3n) is 4.20. The zero-order chi connectivity index (χ0) is 15.2. The van der Waals surface area contributed by atoms with Crippen LogP contribution in [0.25, 0.3) is 0 Å². The zero-order valence-corrected chi connectivity index (χ0v) is 14.4. The SMILES string of the molecule is CCNC(Cc1cccc(Cl)c1Cl)CC1CC(OCC)C1. The molecule has 0 radical (unpaired) electrons. The Kier molecular flexibility index (Phi) is 6.81. The van der Waals surface area contributed by atoms with E-state index in [1.807, 2.05) is 12.1 Å². The van der Waals surface area contributed by atoms with Crippen LogP contribution in [-0.2, 0) is 11.2 Å². The molecule has 0 heterocycles. The average Bonchev–Trinajstić information content (AvgIpc) is 2.42. The van der Waals surface area contributed by atoms with Gasteiger partial charge in [0.15, 0.2) is 0 Å². The molecule has 21 heavy (non-hydrogen) atoms. The van der Waals surface area contributed by atoms with Gasteiger partial charge in [-0.25, -0.2) is 0 Å². The van der Waals surface area contributed by atoms with Crippen molar-refractivity contribution in [3.8, 4) is 0 Å². The molecule has 1 aromatic carbocycles. The molecule has 2 rings (SSSR count). The molecule has 2 nitrogen and oxygen atoms in total. The van der Waals surface area contributed by atoms with E-state index >= 15 is 0 Å². The summed E-state index contributed by atoms with van der Waals surface area (Å²) in [5.74, 6) is 0.767. The summed E-state index contributed by atoms with van der Waals surface area (Å²) in [6.45, 7) is 6.02. The second-order valence-electron chi connectivity index (χ2n) is 5.82. The molecular weight excluding hydrogens is 305 g/mol. The van der Waals surface area contributed by atoms with Gasteiger partial charge in [0.25, 0.3) is 0 Å². The number of likely N-dealkylation sites (N-methyl/N-ethyl adjacent to an activating group) is 1. The van der Waals surface area contributed by atoms with Gasteiger partial charge in [-0.3, -0.25) is 0 Å². The van der Waals surface area contributed by atoms with E-state index in [1.165, 1.54) is 19.3 Å². The van der Waals surface area contributed by atoms with Crippen molar-refractivity contribution in [2.45, 2.75) is 51.7 Å². The van der Waals surface area contributed by atoms with Gasteiger partial charge in [-0.15, -0.1) is 0 Å². The molecule has 1 unspecified atom stereocenters. The number of halogens is 2. The predicted molar refractivity (Wildman–Crippen MR) is 90.4 cm³/mol. The Morgan fingerprint density at radius 1 is 1.29 bits per heavy atom. The first-order valence-electron chi connectivity index (χ1n) is 7.91. The van der Waals surface area contributed by atoms with Crippen LogP contribution in [0.4, 0.5) is 0 Å². The lowest BCUT2D eigenvalue weighted by Gasteiger charge is -2.37. The Bertz CT molecular complexity index is 446. The normalized spacial score (nSPS) is 22.9. The molecule has 1 N–H and O–H groups in total. The minimum absolute atomic E-state index is 0.457. The van der Waals surface area contributed by atoms with Crippen molar-refractivity contribution in [3.05, 3.63) is 33.8 Å². The first-order valence-corrected chi connectivity index (χ1v) is 8.67. The van der Waals surface area contributed by atoms with Crippen LogP contribution >= 0.6 is 23.2 Å². The summed E-state index contributed by atoms with van der Waals surface area (Å²) < 4.78 is 5.64. The van der Waals surface area contributed by atoms with E-state index in [0.29, 0.717) is 22.2 Å². The van der Waals surface area contributed by atoms with Crippen molar-refractivity contribution in [2.75, 3.05) is 13.2 Å². The molecule has 0 aromatic heterocycles.